The second-order valence-electron chi connectivity index (χ2n) is 18.3. The van der Waals surface area contributed by atoms with Gasteiger partial charge in [-0.3, -0.25) is 9.59 Å². The lowest BCUT2D eigenvalue weighted by molar-refractivity contribution is -0.161. The molecule has 0 amide bonds. The van der Waals surface area contributed by atoms with Crippen molar-refractivity contribution in [3.05, 3.63) is 146 Å². The van der Waals surface area contributed by atoms with E-state index in [-0.39, 0.29) is 25.2 Å². The number of allylic oxidation sites excluding steroid dienone is 24. The number of aliphatic hydroxyl groups excluding tert-OH is 1. The first-order valence-corrected chi connectivity index (χ1v) is 28.4. The van der Waals surface area contributed by atoms with Crippen molar-refractivity contribution >= 4 is 11.9 Å². The third-order valence-corrected chi connectivity index (χ3v) is 11.6. The van der Waals surface area contributed by atoms with E-state index in [0.717, 1.165) is 122 Å². The highest BCUT2D eigenvalue weighted by atomic mass is 16.6. The molecule has 0 bridgehead atoms. The van der Waals surface area contributed by atoms with E-state index in [1.165, 1.54) is 83.5 Å². The van der Waals surface area contributed by atoms with Crippen LogP contribution in [0, 0.1) is 0 Å². The molecule has 0 aromatic carbocycles. The molecule has 1 N–H and O–H groups in total. The van der Waals surface area contributed by atoms with Gasteiger partial charge in [0.05, 0.1) is 6.61 Å². The first kappa shape index (κ1) is 65.8. The molecule has 0 radical (unpaired) electrons. The van der Waals surface area contributed by atoms with Gasteiger partial charge in [-0.2, -0.15) is 0 Å². The predicted molar refractivity (Wildman–Crippen MR) is 306 cm³/mol. The van der Waals surface area contributed by atoms with Crippen molar-refractivity contribution in [1.29, 1.82) is 0 Å². The maximum absolute atomic E-state index is 12.3. The fourth-order valence-corrected chi connectivity index (χ4v) is 7.38. The Hall–Kier alpha value is -4.22. The lowest BCUT2D eigenvalue weighted by Crippen LogP contribution is -2.28. The second kappa shape index (κ2) is 59.1. The van der Waals surface area contributed by atoms with Gasteiger partial charge in [0.25, 0.3) is 0 Å². The summed E-state index contributed by atoms with van der Waals surface area (Å²) in [6.45, 7) is 3.98. The maximum atomic E-state index is 12.3. The summed E-state index contributed by atoms with van der Waals surface area (Å²) in [4.78, 5) is 24.5. The molecule has 0 aliphatic carbocycles. The van der Waals surface area contributed by atoms with Crippen LogP contribution in [0.4, 0.5) is 0 Å². The molecule has 5 heteroatoms. The number of aliphatic hydroxyl groups is 1. The van der Waals surface area contributed by atoms with Gasteiger partial charge in [-0.15, -0.1) is 0 Å². The molecule has 0 heterocycles. The summed E-state index contributed by atoms with van der Waals surface area (Å²) in [7, 11) is 0. The van der Waals surface area contributed by atoms with Gasteiger partial charge in [0.2, 0.25) is 0 Å². The zero-order valence-electron chi connectivity index (χ0n) is 45.0. The third kappa shape index (κ3) is 56.4. The molecule has 0 saturated carbocycles. The van der Waals surface area contributed by atoms with Crippen LogP contribution in [-0.4, -0.2) is 36.4 Å². The Morgan fingerprint density at radius 1 is 0.343 bits per heavy atom. The molecule has 1 atom stereocenters. The molecule has 70 heavy (non-hydrogen) atoms. The minimum absolute atomic E-state index is 0.0834. The van der Waals surface area contributed by atoms with E-state index in [2.05, 4.69) is 160 Å². The topological polar surface area (TPSA) is 72.8 Å². The Balaban J connectivity index is 3.61. The minimum Gasteiger partial charge on any atom is -0.462 e. The molecule has 0 aliphatic heterocycles. The van der Waals surface area contributed by atoms with Gasteiger partial charge in [-0.05, 0) is 122 Å². The molecule has 0 aliphatic rings. The Kier molecular flexibility index (Phi) is 55.5. The number of unbranched alkanes of at least 4 members (excludes halogenated alkanes) is 18. The number of esters is 2. The highest BCUT2D eigenvalue weighted by Gasteiger charge is 2.16. The summed E-state index contributed by atoms with van der Waals surface area (Å²) < 4.78 is 10.7. The van der Waals surface area contributed by atoms with Crippen LogP contribution in [0.1, 0.15) is 232 Å². The van der Waals surface area contributed by atoms with Crippen LogP contribution in [0.2, 0.25) is 0 Å². The SMILES string of the molecule is CC/C=C\C/C=C\C/C=C\C/C=C\C/C=C\C/C=C\C/C=C\C/C=C\C/C=C\CCCCCCCCCCCC(=O)OC(CO)COC(=O)CCCCCCCC/C=C\C/C=C\C/C=C\CCCCC. The number of ether oxygens (including phenoxy) is 2. The van der Waals surface area contributed by atoms with Gasteiger partial charge < -0.3 is 14.6 Å². The van der Waals surface area contributed by atoms with E-state index < -0.39 is 6.10 Å². The molecule has 0 rings (SSSR count). The summed E-state index contributed by atoms with van der Waals surface area (Å²) >= 11 is 0. The highest BCUT2D eigenvalue weighted by molar-refractivity contribution is 5.70. The van der Waals surface area contributed by atoms with E-state index >= 15 is 0 Å². The van der Waals surface area contributed by atoms with E-state index in [0.29, 0.717) is 12.8 Å². The number of carbonyl (C=O) groups excluding carboxylic acids is 2. The Bertz CT molecular complexity index is 1510. The summed E-state index contributed by atoms with van der Waals surface area (Å²) in [6, 6.07) is 0. The van der Waals surface area contributed by atoms with Crippen LogP contribution >= 0.6 is 0 Å². The monoisotopic (exact) mass is 965 g/mol. The van der Waals surface area contributed by atoms with Crippen LogP contribution in [0.15, 0.2) is 146 Å². The van der Waals surface area contributed by atoms with Crippen molar-refractivity contribution in [3.8, 4) is 0 Å². The van der Waals surface area contributed by atoms with Gasteiger partial charge in [-0.1, -0.05) is 243 Å². The van der Waals surface area contributed by atoms with Crippen molar-refractivity contribution < 1.29 is 24.2 Å². The number of carbonyl (C=O) groups is 2. The minimum atomic E-state index is -0.792. The zero-order valence-corrected chi connectivity index (χ0v) is 45.0. The second-order valence-corrected chi connectivity index (χ2v) is 18.3. The van der Waals surface area contributed by atoms with Crippen LogP contribution in [0.25, 0.3) is 0 Å². The van der Waals surface area contributed by atoms with Crippen molar-refractivity contribution in [2.45, 2.75) is 238 Å². The van der Waals surface area contributed by atoms with Gasteiger partial charge in [0.1, 0.15) is 6.61 Å². The Morgan fingerprint density at radius 2 is 0.614 bits per heavy atom. The Labute approximate surface area is 431 Å². The fraction of sp³-hybridized carbons (Fsp3) is 0.600. The molecule has 0 saturated heterocycles. The van der Waals surface area contributed by atoms with Gasteiger partial charge in [-0.25, -0.2) is 0 Å². The first-order valence-electron chi connectivity index (χ1n) is 28.4. The molecule has 0 spiro atoms. The van der Waals surface area contributed by atoms with E-state index in [1.54, 1.807) is 0 Å². The largest absolute Gasteiger partial charge is 0.462 e. The lowest BCUT2D eigenvalue weighted by Gasteiger charge is -2.15. The summed E-state index contributed by atoms with van der Waals surface area (Å²) in [5.74, 6) is -0.620. The molecular weight excluding hydrogens is 861 g/mol. The van der Waals surface area contributed by atoms with Gasteiger partial charge >= 0.3 is 11.9 Å². The van der Waals surface area contributed by atoms with Crippen molar-refractivity contribution in [1.82, 2.24) is 0 Å². The zero-order chi connectivity index (χ0) is 50.6. The van der Waals surface area contributed by atoms with E-state index in [4.69, 9.17) is 9.47 Å². The van der Waals surface area contributed by atoms with Crippen LogP contribution in [-0.2, 0) is 19.1 Å². The van der Waals surface area contributed by atoms with Crippen molar-refractivity contribution in [2.24, 2.45) is 0 Å². The number of rotatable bonds is 50. The quantitative estimate of drug-likeness (QED) is 0.0374. The van der Waals surface area contributed by atoms with E-state index in [9.17, 15) is 14.7 Å². The molecule has 5 nitrogen and oxygen atoms in total. The van der Waals surface area contributed by atoms with Gasteiger partial charge in [0, 0.05) is 12.8 Å². The maximum Gasteiger partial charge on any atom is 0.306 e. The van der Waals surface area contributed by atoms with Gasteiger partial charge in [0.15, 0.2) is 6.10 Å². The first-order chi connectivity index (χ1) is 34.6. The standard InChI is InChI=1S/C65H104O5/c1-3-5-7-9-11-13-15-17-19-21-23-24-25-26-27-28-29-30-31-32-33-34-35-36-37-38-39-40-42-44-46-48-50-52-54-56-58-60-65(68)70-63(61-66)62-69-64(67)59-57-55-53-51-49-47-45-43-41-22-20-18-16-14-12-10-8-6-4-2/h5,7,11-14,17-20,23-24,26-27,29-30,32-33,35-36,38-39,41,43,63,66H,3-4,6,8-10,15-16,21-22,25,28,31,34,37,40,42,44-62H2,1-2H3/b7-5-,13-11-,14-12-,19-17-,20-18-,24-23-,27-26-,30-29-,33-32-,36-35-,39-38-,43-41-. The third-order valence-electron chi connectivity index (χ3n) is 11.6. The normalized spacial score (nSPS) is 13.4. The van der Waals surface area contributed by atoms with Crippen LogP contribution in [0.3, 0.4) is 0 Å². The van der Waals surface area contributed by atoms with Crippen molar-refractivity contribution in [2.75, 3.05) is 13.2 Å². The molecule has 394 valence electrons. The summed E-state index contributed by atoms with van der Waals surface area (Å²) in [5, 5.41) is 9.65. The molecule has 0 aromatic rings. The number of hydrogen-bond acceptors (Lipinski definition) is 5. The average Bonchev–Trinajstić information content (AvgIpc) is 3.36. The predicted octanol–water partition coefficient (Wildman–Crippen LogP) is 19.4. The summed E-state index contributed by atoms with van der Waals surface area (Å²) in [5.41, 5.74) is 0. The van der Waals surface area contributed by atoms with Crippen LogP contribution < -0.4 is 0 Å². The lowest BCUT2D eigenvalue weighted by atomic mass is 10.1. The smallest absolute Gasteiger partial charge is 0.306 e. The van der Waals surface area contributed by atoms with E-state index in [1.807, 2.05) is 0 Å². The van der Waals surface area contributed by atoms with Crippen molar-refractivity contribution in [3.63, 3.8) is 0 Å². The fourth-order valence-electron chi connectivity index (χ4n) is 7.38. The average molecular weight is 966 g/mol. The molecule has 1 unspecified atom stereocenters. The summed E-state index contributed by atoms with van der Waals surface area (Å²) in [6.07, 6.45) is 89.5. The molecule has 0 fully saturated rings. The molecule has 0 aromatic heterocycles. The van der Waals surface area contributed by atoms with Crippen LogP contribution in [0.5, 0.6) is 0 Å². The highest BCUT2D eigenvalue weighted by Crippen LogP contribution is 2.14. The number of hydrogen-bond donors (Lipinski definition) is 1. The Morgan fingerprint density at radius 3 is 0.929 bits per heavy atom. The molecular formula is C65H104O5.